The number of nitrogens with one attached hydrogen (secondary N) is 1. The van der Waals surface area contributed by atoms with Gasteiger partial charge in [0.15, 0.2) is 5.75 Å². The number of non-ortho nitro benzene ring substituents is 1. The maximum absolute atomic E-state index is 11.3. The molecule has 3 rings (SSSR count). The Bertz CT molecular complexity index is 1270. The van der Waals surface area contributed by atoms with Crippen LogP contribution in [-0.4, -0.2) is 58.9 Å². The van der Waals surface area contributed by atoms with Crippen molar-refractivity contribution in [3.8, 4) is 11.5 Å². The van der Waals surface area contributed by atoms with Gasteiger partial charge in [0.25, 0.3) is 15.8 Å². The van der Waals surface area contributed by atoms with Gasteiger partial charge < -0.3 is 26.1 Å². The number of nitrogens with zero attached hydrogens (tertiary/aromatic N) is 3. The first-order chi connectivity index (χ1) is 15.1. The van der Waals surface area contributed by atoms with Gasteiger partial charge >= 0.3 is 1.43 Å². The van der Waals surface area contributed by atoms with Gasteiger partial charge in [-0.15, -0.1) is 10.2 Å². The van der Waals surface area contributed by atoms with Gasteiger partial charge in [-0.05, 0) is 18.5 Å². The largest absolute Gasteiger partial charge is 1.00 e. The Balaban J connectivity index is 0. The molecule has 0 aliphatic rings. The number of nitro groups is 1. The van der Waals surface area contributed by atoms with Crippen molar-refractivity contribution in [1.29, 1.82) is 0 Å². The fourth-order valence-electron chi connectivity index (χ4n) is 2.52. The van der Waals surface area contributed by atoms with E-state index in [2.05, 4.69) is 15.5 Å². The first-order valence-electron chi connectivity index (χ1n) is 8.97. The van der Waals surface area contributed by atoms with Gasteiger partial charge in [0.05, 0.1) is 11.5 Å². The second-order valence-electron chi connectivity index (χ2n) is 6.23. The van der Waals surface area contributed by atoms with Crippen LogP contribution in [0, 0.1) is 10.1 Å². The molecule has 7 N–H and O–H groups in total. The van der Waals surface area contributed by atoms with Crippen LogP contribution >= 0.6 is 0 Å². The van der Waals surface area contributed by atoms with Gasteiger partial charge in [0.2, 0.25) is 0 Å². The Morgan fingerprint density at radius 3 is 2.29 bits per heavy atom. The zero-order valence-electron chi connectivity index (χ0n) is 18.6. The number of rotatable bonds is 6. The summed E-state index contributed by atoms with van der Waals surface area (Å²) in [5, 5.41) is 50.5. The number of nitro benzene ring substituents is 1. The van der Waals surface area contributed by atoms with Crippen LogP contribution in [0.5, 0.6) is 11.5 Å². The fraction of sp³-hybridized carbons (Fsp3) is 0.158. The molecular formula is C19H23CrN4O9S+. The minimum atomic E-state index is -4.94. The fourth-order valence-corrected chi connectivity index (χ4v) is 3.14. The molecule has 0 spiro atoms. The molecule has 3 aromatic carbocycles. The minimum absolute atomic E-state index is 0. The predicted molar refractivity (Wildman–Crippen MR) is 120 cm³/mol. The van der Waals surface area contributed by atoms with E-state index in [-0.39, 0.29) is 42.3 Å². The van der Waals surface area contributed by atoms with E-state index in [0.29, 0.717) is 18.0 Å². The van der Waals surface area contributed by atoms with Gasteiger partial charge in [-0.3, -0.25) is 14.7 Å². The van der Waals surface area contributed by atoms with Crippen molar-refractivity contribution in [3.63, 3.8) is 0 Å². The number of benzene rings is 3. The maximum Gasteiger partial charge on any atom is 1.00 e. The average molecular weight is 535 g/mol. The van der Waals surface area contributed by atoms with Crippen LogP contribution in [0.15, 0.2) is 63.7 Å². The Morgan fingerprint density at radius 2 is 1.76 bits per heavy atom. The summed E-state index contributed by atoms with van der Waals surface area (Å²) >= 11 is 0. The van der Waals surface area contributed by atoms with E-state index < -0.39 is 37.1 Å². The third kappa shape index (κ3) is 7.71. The summed E-state index contributed by atoms with van der Waals surface area (Å²) in [6, 6.07) is 11.2. The van der Waals surface area contributed by atoms with Crippen molar-refractivity contribution in [2.75, 3.05) is 20.2 Å². The summed E-state index contributed by atoms with van der Waals surface area (Å²) in [6.45, 7) is 0.927. The van der Waals surface area contributed by atoms with E-state index in [1.54, 1.807) is 37.4 Å². The predicted octanol–water partition coefficient (Wildman–Crippen LogP) is 2.30. The standard InChI is InChI=1S/C16H11N3O7S.C3H9NO.Cr.H2O/c20-13-6-5-9-3-1-2-4-11(9)15(13)18-17-12-7-10(19(22)23)8-14(16(12)21)27(24,25)26;1-4-2-3-5;;/h1-8,20-21H,(H,24,25,26);4-5H,2-3H2,1H3;;1H2/p+1. The normalized spacial score (nSPS) is 10.7. The summed E-state index contributed by atoms with van der Waals surface area (Å²) in [4.78, 5) is 8.99. The van der Waals surface area contributed by atoms with E-state index in [1.807, 2.05) is 0 Å². The van der Waals surface area contributed by atoms with Crippen molar-refractivity contribution < 1.29 is 57.5 Å². The SMILES string of the molecule is CNCCO.O.O=[N+]([O-])c1cc(N=Nc2c(O)ccc3ccccc23)c(O)c(S(=O)(=O)O)c1.[Cr].[H+]. The number of aliphatic hydroxyl groups excluding tert-OH is 1. The molecule has 0 atom stereocenters. The number of aliphatic hydroxyl groups is 1. The Labute approximate surface area is 206 Å². The van der Waals surface area contributed by atoms with Crippen LogP contribution in [0.1, 0.15) is 1.43 Å². The quantitative estimate of drug-likeness (QED) is 0.135. The molecule has 0 fully saturated rings. The topological polar surface area (TPSA) is 226 Å². The number of azo groups is 1. The second-order valence-corrected chi connectivity index (χ2v) is 7.62. The van der Waals surface area contributed by atoms with E-state index in [9.17, 15) is 28.7 Å². The maximum atomic E-state index is 11.3. The minimum Gasteiger partial charge on any atom is -0.506 e. The van der Waals surface area contributed by atoms with E-state index in [0.717, 1.165) is 11.5 Å². The van der Waals surface area contributed by atoms with Crippen molar-refractivity contribution in [1.82, 2.24) is 5.32 Å². The summed E-state index contributed by atoms with van der Waals surface area (Å²) in [5.74, 6) is -1.25. The van der Waals surface area contributed by atoms with Gasteiger partial charge in [-0.2, -0.15) is 8.42 Å². The first-order valence-corrected chi connectivity index (χ1v) is 10.4. The molecule has 0 saturated heterocycles. The second kappa shape index (κ2) is 13.5. The number of fused-ring (bicyclic) bond motifs is 1. The van der Waals surface area contributed by atoms with Crippen molar-refractivity contribution in [2.24, 2.45) is 10.2 Å². The molecule has 0 unspecified atom stereocenters. The monoisotopic (exact) mass is 535 g/mol. The zero-order valence-corrected chi connectivity index (χ0v) is 19.7. The van der Waals surface area contributed by atoms with Gasteiger partial charge in [-0.1, -0.05) is 30.3 Å². The molecule has 15 heteroatoms. The molecule has 0 aromatic heterocycles. The van der Waals surface area contributed by atoms with E-state index in [4.69, 9.17) is 9.66 Å². The summed E-state index contributed by atoms with van der Waals surface area (Å²) < 4.78 is 31.8. The van der Waals surface area contributed by atoms with E-state index in [1.165, 1.54) is 6.07 Å². The molecule has 0 amide bonds. The van der Waals surface area contributed by atoms with E-state index >= 15 is 0 Å². The molecular weight excluding hydrogens is 512 g/mol. The molecule has 3 aromatic rings. The van der Waals surface area contributed by atoms with Gasteiger partial charge in [-0.25, -0.2) is 0 Å². The molecule has 0 aliphatic heterocycles. The summed E-state index contributed by atoms with van der Waals surface area (Å²) in [5.41, 5.74) is -1.27. The van der Waals surface area contributed by atoms with Crippen molar-refractivity contribution >= 4 is 38.0 Å². The van der Waals surface area contributed by atoms with Crippen LogP contribution in [0.2, 0.25) is 0 Å². The van der Waals surface area contributed by atoms with Crippen LogP contribution in [0.25, 0.3) is 10.8 Å². The number of hydrogen-bond acceptors (Lipinski definition) is 10. The summed E-state index contributed by atoms with van der Waals surface area (Å²) in [6.07, 6.45) is 0. The molecule has 0 aliphatic carbocycles. The average Bonchev–Trinajstić information content (AvgIpc) is 2.74. The Morgan fingerprint density at radius 1 is 1.12 bits per heavy atom. The number of likely N-dealkylation sites (N-methyl/N-ethyl adjacent to an activating group) is 1. The molecule has 0 saturated carbocycles. The number of aromatic hydroxyl groups is 2. The Hall–Kier alpha value is -3.16. The van der Waals surface area contributed by atoms with Crippen molar-refractivity contribution in [3.05, 3.63) is 58.6 Å². The molecule has 184 valence electrons. The molecule has 13 nitrogen and oxygen atoms in total. The molecule has 0 radical (unpaired) electrons. The first kappa shape index (κ1) is 30.8. The van der Waals surface area contributed by atoms with Gasteiger partial charge in [0.1, 0.15) is 22.0 Å². The van der Waals surface area contributed by atoms with Gasteiger partial charge in [0, 0.05) is 41.4 Å². The molecule has 0 heterocycles. The van der Waals surface area contributed by atoms with Crippen LogP contribution in [0.3, 0.4) is 0 Å². The number of phenolic OH excluding ortho intramolecular Hbond substituents is 2. The zero-order chi connectivity index (χ0) is 23.9. The van der Waals surface area contributed by atoms with Crippen LogP contribution in [0.4, 0.5) is 17.1 Å². The van der Waals surface area contributed by atoms with Crippen LogP contribution in [-0.2, 0) is 27.5 Å². The molecule has 0 bridgehead atoms. The number of hydrogen-bond donors (Lipinski definition) is 5. The van der Waals surface area contributed by atoms with Crippen molar-refractivity contribution in [2.45, 2.75) is 4.90 Å². The smallest absolute Gasteiger partial charge is 0.506 e. The third-order valence-electron chi connectivity index (χ3n) is 4.03. The summed E-state index contributed by atoms with van der Waals surface area (Å²) in [7, 11) is -3.14. The molecule has 34 heavy (non-hydrogen) atoms. The Kier molecular flexibility index (Phi) is 12.3. The number of phenols is 2. The van der Waals surface area contributed by atoms with Crippen LogP contribution < -0.4 is 5.32 Å². The third-order valence-corrected chi connectivity index (χ3v) is 4.89.